The molecule has 0 saturated carbocycles. The first-order valence-electron chi connectivity index (χ1n) is 9.53. The van der Waals surface area contributed by atoms with Crippen LogP contribution in [0.25, 0.3) is 11.1 Å². The average Bonchev–Trinajstić information content (AvgIpc) is 2.70. The first kappa shape index (κ1) is 19.8. The normalized spacial score (nSPS) is 21.2. The lowest BCUT2D eigenvalue weighted by molar-refractivity contribution is 0.433. The number of unbranched alkanes of at least 4 members (excludes halogenated alkanes) is 1. The van der Waals surface area contributed by atoms with E-state index in [4.69, 9.17) is 4.52 Å². The minimum atomic E-state index is -2.45. The van der Waals surface area contributed by atoms with Crippen LogP contribution in [0.4, 0.5) is 0 Å². The highest BCUT2D eigenvalue weighted by atomic mass is 31.2. The zero-order valence-corrected chi connectivity index (χ0v) is 17.5. The minimum Gasteiger partial charge on any atom is -0.446 e. The van der Waals surface area contributed by atoms with Crippen LogP contribution in [0.2, 0.25) is 0 Å². The van der Waals surface area contributed by atoms with Crippen molar-refractivity contribution in [3.05, 3.63) is 77.4 Å². The Hall–Kier alpha value is -1.54. The molecule has 0 saturated heterocycles. The molecule has 0 spiro atoms. The third kappa shape index (κ3) is 3.14. The highest BCUT2D eigenvalue weighted by molar-refractivity contribution is 7.68. The smallest absolute Gasteiger partial charge is 0.248 e. The number of hydrogen-bond acceptors (Lipinski definition) is 4. The molecule has 0 aliphatic heterocycles. The molecule has 4 rings (SSSR count). The second kappa shape index (κ2) is 8.06. The van der Waals surface area contributed by atoms with Crippen molar-refractivity contribution in [2.45, 2.75) is 37.5 Å². The summed E-state index contributed by atoms with van der Waals surface area (Å²) in [5, 5.41) is 0. The third-order valence-electron chi connectivity index (χ3n) is 5.45. The SMILES string of the molecule is CCCCc1ccccc1OP(O)C1(P(O)O)CC=CC2=C1c1ccccc12. The Morgan fingerprint density at radius 3 is 2.46 bits per heavy atom. The van der Waals surface area contributed by atoms with E-state index in [2.05, 4.69) is 6.92 Å². The van der Waals surface area contributed by atoms with Gasteiger partial charge in [0.05, 0.1) is 0 Å². The van der Waals surface area contributed by atoms with Crippen molar-refractivity contribution in [3.63, 3.8) is 0 Å². The van der Waals surface area contributed by atoms with E-state index in [9.17, 15) is 14.7 Å². The summed E-state index contributed by atoms with van der Waals surface area (Å²) in [6.07, 6.45) is 7.24. The molecule has 28 heavy (non-hydrogen) atoms. The van der Waals surface area contributed by atoms with Crippen LogP contribution < -0.4 is 4.52 Å². The molecule has 0 bridgehead atoms. The Morgan fingerprint density at radius 1 is 1.00 bits per heavy atom. The fraction of sp³-hybridized carbons (Fsp3) is 0.273. The largest absolute Gasteiger partial charge is 0.446 e. The molecular formula is C22H24O4P2. The second-order valence-corrected chi connectivity index (χ2v) is 10.3. The second-order valence-electron chi connectivity index (χ2n) is 7.12. The molecule has 4 nitrogen and oxygen atoms in total. The maximum atomic E-state index is 11.2. The summed E-state index contributed by atoms with van der Waals surface area (Å²) in [6, 6.07) is 15.6. The van der Waals surface area contributed by atoms with Gasteiger partial charge in [-0.25, -0.2) is 0 Å². The molecule has 2 aliphatic rings. The molecule has 2 aromatic carbocycles. The third-order valence-corrected chi connectivity index (χ3v) is 8.97. The summed E-state index contributed by atoms with van der Waals surface area (Å²) in [5.74, 6) is 0.630. The van der Waals surface area contributed by atoms with Crippen molar-refractivity contribution in [3.8, 4) is 5.75 Å². The van der Waals surface area contributed by atoms with E-state index in [0.29, 0.717) is 12.2 Å². The van der Waals surface area contributed by atoms with Gasteiger partial charge in [-0.05, 0) is 53.2 Å². The van der Waals surface area contributed by atoms with Crippen molar-refractivity contribution in [1.29, 1.82) is 0 Å². The number of aryl methyl sites for hydroxylation is 1. The Morgan fingerprint density at radius 2 is 1.71 bits per heavy atom. The number of hydrogen-bond donors (Lipinski definition) is 3. The van der Waals surface area contributed by atoms with Gasteiger partial charge in [0.25, 0.3) is 0 Å². The minimum absolute atomic E-state index is 0.345. The maximum Gasteiger partial charge on any atom is 0.248 e. The summed E-state index contributed by atoms with van der Waals surface area (Å²) in [4.78, 5) is 30.9. The summed E-state index contributed by atoms with van der Waals surface area (Å²) in [7, 11) is -4.60. The number of allylic oxidation sites excluding steroid dienone is 4. The monoisotopic (exact) mass is 414 g/mol. The van der Waals surface area contributed by atoms with Crippen LogP contribution in [-0.2, 0) is 6.42 Å². The average molecular weight is 414 g/mol. The molecular weight excluding hydrogens is 390 g/mol. The lowest BCUT2D eigenvalue weighted by atomic mass is 9.75. The van der Waals surface area contributed by atoms with Crippen LogP contribution in [0.15, 0.2) is 60.7 Å². The van der Waals surface area contributed by atoms with E-state index < -0.39 is 21.6 Å². The predicted molar refractivity (Wildman–Crippen MR) is 116 cm³/mol. The molecule has 0 amide bonds. The van der Waals surface area contributed by atoms with Crippen molar-refractivity contribution < 1.29 is 19.2 Å². The van der Waals surface area contributed by atoms with Gasteiger partial charge in [-0.2, -0.15) is 0 Å². The molecule has 2 aliphatic carbocycles. The Kier molecular flexibility index (Phi) is 5.69. The van der Waals surface area contributed by atoms with Crippen molar-refractivity contribution >= 4 is 27.9 Å². The molecule has 3 N–H and O–H groups in total. The lowest BCUT2D eigenvalue weighted by Gasteiger charge is -2.45. The number of fused-ring (bicyclic) bond motifs is 3. The van der Waals surface area contributed by atoms with Crippen molar-refractivity contribution in [2.75, 3.05) is 0 Å². The van der Waals surface area contributed by atoms with Crippen LogP contribution in [0.5, 0.6) is 5.75 Å². The first-order valence-corrected chi connectivity index (χ1v) is 12.0. The number of para-hydroxylation sites is 1. The fourth-order valence-corrected chi connectivity index (χ4v) is 6.62. The number of rotatable bonds is 7. The van der Waals surface area contributed by atoms with Gasteiger partial charge in [-0.1, -0.05) is 68.0 Å². The maximum absolute atomic E-state index is 11.2. The molecule has 0 fully saturated rings. The van der Waals surface area contributed by atoms with Crippen molar-refractivity contribution in [1.82, 2.24) is 0 Å². The summed E-state index contributed by atoms with van der Waals surface area (Å²) in [6.45, 7) is 2.14. The molecule has 0 aromatic heterocycles. The summed E-state index contributed by atoms with van der Waals surface area (Å²) in [5.41, 5.74) is 4.89. The number of benzene rings is 2. The van der Waals surface area contributed by atoms with Crippen LogP contribution in [0, 0.1) is 0 Å². The zero-order chi connectivity index (χ0) is 19.7. The lowest BCUT2D eigenvalue weighted by Crippen LogP contribution is -2.33. The fourth-order valence-electron chi connectivity index (χ4n) is 3.97. The van der Waals surface area contributed by atoms with Crippen LogP contribution in [-0.4, -0.2) is 19.6 Å². The van der Waals surface area contributed by atoms with E-state index in [-0.39, 0.29) is 0 Å². The molecule has 6 heteroatoms. The Bertz CT molecular complexity index is 938. The van der Waals surface area contributed by atoms with Gasteiger partial charge in [-0.3, -0.25) is 0 Å². The Labute approximate surface area is 168 Å². The zero-order valence-electron chi connectivity index (χ0n) is 15.7. The van der Waals surface area contributed by atoms with E-state index in [1.54, 1.807) is 0 Å². The molecule has 146 valence electrons. The molecule has 2 unspecified atom stereocenters. The molecule has 0 radical (unpaired) electrons. The quantitative estimate of drug-likeness (QED) is 0.517. The topological polar surface area (TPSA) is 69.9 Å². The standard InChI is InChI=1S/C22H24O4P2/c1-2-3-9-16-10-4-7-14-20(16)26-28(25)22(27(23)24)15-8-13-19-17-11-5-6-12-18(17)21(19)22/h4-8,10-14,23-25H,2-3,9,15H2,1H3. The van der Waals surface area contributed by atoms with Gasteiger partial charge in [-0.15, -0.1) is 0 Å². The molecule has 0 heterocycles. The molecule has 2 aromatic rings. The van der Waals surface area contributed by atoms with Gasteiger partial charge in [0.15, 0.2) is 8.38 Å². The van der Waals surface area contributed by atoms with Gasteiger partial charge < -0.3 is 19.2 Å². The Balaban J connectivity index is 1.69. The predicted octanol–water partition coefficient (Wildman–Crippen LogP) is 5.59. The summed E-state index contributed by atoms with van der Waals surface area (Å²) < 4.78 is 6.06. The van der Waals surface area contributed by atoms with Crippen LogP contribution in [0.1, 0.15) is 42.9 Å². The van der Waals surface area contributed by atoms with E-state index in [0.717, 1.165) is 47.1 Å². The van der Waals surface area contributed by atoms with Gasteiger partial charge in [0.2, 0.25) is 8.38 Å². The van der Waals surface area contributed by atoms with Gasteiger partial charge in [0, 0.05) is 0 Å². The van der Waals surface area contributed by atoms with Crippen LogP contribution >= 0.6 is 16.8 Å². The van der Waals surface area contributed by atoms with Gasteiger partial charge in [0.1, 0.15) is 10.6 Å². The van der Waals surface area contributed by atoms with Gasteiger partial charge >= 0.3 is 0 Å². The van der Waals surface area contributed by atoms with E-state index in [1.165, 1.54) is 0 Å². The van der Waals surface area contributed by atoms with E-state index in [1.807, 2.05) is 60.7 Å². The van der Waals surface area contributed by atoms with Crippen molar-refractivity contribution in [2.24, 2.45) is 0 Å². The summed E-state index contributed by atoms with van der Waals surface area (Å²) >= 11 is 0. The highest BCUT2D eigenvalue weighted by Crippen LogP contribution is 2.73. The highest BCUT2D eigenvalue weighted by Gasteiger charge is 2.56. The molecule has 2 atom stereocenters. The van der Waals surface area contributed by atoms with E-state index >= 15 is 0 Å². The van der Waals surface area contributed by atoms with Crippen LogP contribution in [0.3, 0.4) is 0 Å². The first-order chi connectivity index (χ1) is 13.6.